The minimum absolute atomic E-state index is 0.170. The lowest BCUT2D eigenvalue weighted by atomic mass is 10.1. The normalized spacial score (nSPS) is 13.0. The van der Waals surface area contributed by atoms with Gasteiger partial charge in [0.15, 0.2) is 0 Å². The Morgan fingerprint density at radius 2 is 1.80 bits per heavy atom. The second kappa shape index (κ2) is 8.41. The number of hydrogen-bond donors (Lipinski definition) is 2. The van der Waals surface area contributed by atoms with Crippen molar-refractivity contribution >= 4 is 17.5 Å². The van der Waals surface area contributed by atoms with Gasteiger partial charge in [-0.1, -0.05) is 17.3 Å². The van der Waals surface area contributed by atoms with Crippen molar-refractivity contribution in [2.75, 3.05) is 5.32 Å². The van der Waals surface area contributed by atoms with Crippen LogP contribution in [0.1, 0.15) is 50.6 Å². The zero-order valence-corrected chi connectivity index (χ0v) is 16.9. The number of aryl methyl sites for hydroxylation is 2. The Kier molecular flexibility index (Phi) is 5.52. The monoisotopic (exact) mass is 405 g/mol. The second-order valence-electron chi connectivity index (χ2n) is 7.36. The number of hydrogen-bond acceptors (Lipinski definition) is 5. The molecule has 154 valence electrons. The number of aromatic nitrogens is 1. The molecule has 7 nitrogen and oxygen atoms in total. The summed E-state index contributed by atoms with van der Waals surface area (Å²) in [6.07, 6.45) is 2.01. The number of carbonyl (C=O) groups is 2. The molecule has 1 heterocycles. The summed E-state index contributed by atoms with van der Waals surface area (Å²) >= 11 is 0. The highest BCUT2D eigenvalue weighted by Gasteiger charge is 2.25. The first kappa shape index (κ1) is 19.7. The van der Waals surface area contributed by atoms with Gasteiger partial charge in [-0.05, 0) is 63.1 Å². The van der Waals surface area contributed by atoms with E-state index in [2.05, 4.69) is 15.8 Å². The molecule has 0 atom stereocenters. The highest BCUT2D eigenvalue weighted by atomic mass is 16.5. The van der Waals surface area contributed by atoms with E-state index < -0.39 is 0 Å². The highest BCUT2D eigenvalue weighted by Crippen LogP contribution is 2.22. The summed E-state index contributed by atoms with van der Waals surface area (Å²) in [7, 11) is 0. The maximum Gasteiger partial charge on any atom is 0.255 e. The Morgan fingerprint density at radius 1 is 1.07 bits per heavy atom. The van der Waals surface area contributed by atoms with Gasteiger partial charge >= 0.3 is 0 Å². The largest absolute Gasteiger partial charge is 0.489 e. The summed E-state index contributed by atoms with van der Waals surface area (Å²) in [4.78, 5) is 25.1. The molecule has 0 bridgehead atoms. The van der Waals surface area contributed by atoms with E-state index in [1.54, 1.807) is 48.5 Å². The lowest BCUT2D eigenvalue weighted by Gasteiger charge is -2.11. The number of ether oxygens (including phenoxy) is 1. The van der Waals surface area contributed by atoms with Crippen LogP contribution in [-0.4, -0.2) is 23.0 Å². The maximum atomic E-state index is 12.7. The lowest BCUT2D eigenvalue weighted by Crippen LogP contribution is -2.27. The number of nitrogens with one attached hydrogen (secondary N) is 2. The number of carbonyl (C=O) groups excluding carboxylic acids is 2. The van der Waals surface area contributed by atoms with Gasteiger partial charge in [0, 0.05) is 11.6 Å². The quantitative estimate of drug-likeness (QED) is 0.619. The third kappa shape index (κ3) is 4.51. The van der Waals surface area contributed by atoms with E-state index in [4.69, 9.17) is 9.26 Å². The van der Waals surface area contributed by atoms with Gasteiger partial charge in [0.1, 0.15) is 18.1 Å². The van der Waals surface area contributed by atoms with Gasteiger partial charge in [-0.15, -0.1) is 0 Å². The van der Waals surface area contributed by atoms with Crippen LogP contribution in [0.25, 0.3) is 0 Å². The van der Waals surface area contributed by atoms with Gasteiger partial charge in [0.05, 0.1) is 22.5 Å². The molecule has 2 amide bonds. The first-order valence-electron chi connectivity index (χ1n) is 9.87. The van der Waals surface area contributed by atoms with E-state index in [9.17, 15) is 9.59 Å². The van der Waals surface area contributed by atoms with Gasteiger partial charge in [-0.2, -0.15) is 0 Å². The number of amides is 2. The molecule has 0 spiro atoms. The number of anilines is 1. The average molecular weight is 405 g/mol. The summed E-state index contributed by atoms with van der Waals surface area (Å²) in [5.74, 6) is 0.902. The molecule has 3 aromatic rings. The molecule has 1 aliphatic carbocycles. The van der Waals surface area contributed by atoms with Crippen molar-refractivity contribution in [2.24, 2.45) is 0 Å². The van der Waals surface area contributed by atoms with Crippen LogP contribution >= 0.6 is 0 Å². The smallest absolute Gasteiger partial charge is 0.255 e. The van der Waals surface area contributed by atoms with Crippen molar-refractivity contribution in [1.29, 1.82) is 0 Å². The fraction of sp³-hybridized carbons (Fsp3) is 0.261. The Morgan fingerprint density at radius 3 is 2.47 bits per heavy atom. The van der Waals surface area contributed by atoms with Gasteiger partial charge in [0.2, 0.25) is 0 Å². The molecule has 30 heavy (non-hydrogen) atoms. The minimum Gasteiger partial charge on any atom is -0.489 e. The molecule has 2 aromatic carbocycles. The molecule has 2 N–H and O–H groups in total. The van der Waals surface area contributed by atoms with Crippen LogP contribution in [0, 0.1) is 13.8 Å². The number of rotatable bonds is 7. The van der Waals surface area contributed by atoms with Gasteiger partial charge < -0.3 is 19.9 Å². The van der Waals surface area contributed by atoms with Crippen molar-refractivity contribution in [3.05, 3.63) is 76.7 Å². The summed E-state index contributed by atoms with van der Waals surface area (Å²) in [6, 6.07) is 14.1. The molecule has 4 rings (SSSR count). The first-order valence-corrected chi connectivity index (χ1v) is 9.87. The fourth-order valence-electron chi connectivity index (χ4n) is 3.04. The molecule has 0 radical (unpaired) electrons. The predicted octanol–water partition coefficient (Wildman–Crippen LogP) is 4.01. The van der Waals surface area contributed by atoms with Gasteiger partial charge in [-0.3, -0.25) is 9.59 Å². The molecular weight excluding hydrogens is 382 g/mol. The van der Waals surface area contributed by atoms with Crippen molar-refractivity contribution in [2.45, 2.75) is 39.3 Å². The first-order chi connectivity index (χ1) is 14.5. The van der Waals surface area contributed by atoms with Gasteiger partial charge in [0.25, 0.3) is 11.8 Å². The topological polar surface area (TPSA) is 93.5 Å². The molecule has 0 aliphatic heterocycles. The Labute approximate surface area is 174 Å². The predicted molar refractivity (Wildman–Crippen MR) is 112 cm³/mol. The Bertz CT molecular complexity index is 1050. The minimum atomic E-state index is -0.293. The molecule has 7 heteroatoms. The molecule has 0 unspecified atom stereocenters. The summed E-state index contributed by atoms with van der Waals surface area (Å²) in [5.41, 5.74) is 3.12. The fourth-order valence-corrected chi connectivity index (χ4v) is 3.04. The summed E-state index contributed by atoms with van der Waals surface area (Å²) in [6.45, 7) is 4.05. The molecule has 1 fully saturated rings. The SMILES string of the molecule is Cc1noc(C)c1COc1ccc(C(=O)Nc2ccccc2C(=O)NC2CC2)cc1. The van der Waals surface area contributed by atoms with Crippen LogP contribution < -0.4 is 15.4 Å². The molecule has 1 aliphatic rings. The molecule has 1 aromatic heterocycles. The van der Waals surface area contributed by atoms with Crippen LogP contribution in [0.4, 0.5) is 5.69 Å². The average Bonchev–Trinajstić information content (AvgIpc) is 3.51. The maximum absolute atomic E-state index is 12.7. The van der Waals surface area contributed by atoms with E-state index in [0.717, 1.165) is 29.9 Å². The number of benzene rings is 2. The Hall–Kier alpha value is -3.61. The summed E-state index contributed by atoms with van der Waals surface area (Å²) in [5, 5.41) is 9.68. The number of para-hydroxylation sites is 1. The van der Waals surface area contributed by atoms with E-state index in [-0.39, 0.29) is 17.9 Å². The zero-order valence-electron chi connectivity index (χ0n) is 16.9. The standard InChI is InChI=1S/C23H23N3O4/c1-14-20(15(2)30-26-14)13-29-18-11-7-16(8-12-18)22(27)25-21-6-4-3-5-19(21)23(28)24-17-9-10-17/h3-8,11-12,17H,9-10,13H2,1-2H3,(H,24,28)(H,25,27). The van der Waals surface area contributed by atoms with Gasteiger partial charge in [-0.25, -0.2) is 0 Å². The molecule has 1 saturated carbocycles. The van der Waals surface area contributed by atoms with Crippen molar-refractivity contribution in [1.82, 2.24) is 10.5 Å². The van der Waals surface area contributed by atoms with Crippen LogP contribution in [0.2, 0.25) is 0 Å². The van der Waals surface area contributed by atoms with Crippen LogP contribution in [0.15, 0.2) is 53.1 Å². The van der Waals surface area contributed by atoms with Crippen LogP contribution in [0.3, 0.4) is 0 Å². The lowest BCUT2D eigenvalue weighted by molar-refractivity contribution is 0.0952. The third-order valence-electron chi connectivity index (χ3n) is 5.01. The highest BCUT2D eigenvalue weighted by molar-refractivity contribution is 6.09. The van der Waals surface area contributed by atoms with E-state index in [0.29, 0.717) is 29.2 Å². The second-order valence-corrected chi connectivity index (χ2v) is 7.36. The van der Waals surface area contributed by atoms with Crippen molar-refractivity contribution in [3.63, 3.8) is 0 Å². The van der Waals surface area contributed by atoms with E-state index in [1.807, 2.05) is 13.8 Å². The molecular formula is C23H23N3O4. The molecule has 0 saturated heterocycles. The van der Waals surface area contributed by atoms with Crippen LogP contribution in [-0.2, 0) is 6.61 Å². The Balaban J connectivity index is 1.40. The number of nitrogens with zero attached hydrogens (tertiary/aromatic N) is 1. The van der Waals surface area contributed by atoms with Crippen LogP contribution in [0.5, 0.6) is 5.75 Å². The van der Waals surface area contributed by atoms with E-state index in [1.165, 1.54) is 0 Å². The third-order valence-corrected chi connectivity index (χ3v) is 5.01. The van der Waals surface area contributed by atoms with Crippen molar-refractivity contribution < 1.29 is 18.8 Å². The zero-order chi connectivity index (χ0) is 21.1. The summed E-state index contributed by atoms with van der Waals surface area (Å²) < 4.78 is 10.9. The van der Waals surface area contributed by atoms with Crippen molar-refractivity contribution in [3.8, 4) is 5.75 Å². The van der Waals surface area contributed by atoms with E-state index >= 15 is 0 Å².